The van der Waals surface area contributed by atoms with Crippen LogP contribution >= 0.6 is 0 Å². The minimum absolute atomic E-state index is 0.0747. The van der Waals surface area contributed by atoms with Gasteiger partial charge in [-0.1, -0.05) is 54.6 Å². The van der Waals surface area contributed by atoms with Gasteiger partial charge in [-0.25, -0.2) is 9.97 Å². The van der Waals surface area contributed by atoms with Gasteiger partial charge in [0, 0.05) is 6.42 Å². The summed E-state index contributed by atoms with van der Waals surface area (Å²) in [6.07, 6.45) is 1.09. The summed E-state index contributed by atoms with van der Waals surface area (Å²) in [5, 5.41) is 11.1. The summed E-state index contributed by atoms with van der Waals surface area (Å²) >= 11 is 0. The van der Waals surface area contributed by atoms with Crippen molar-refractivity contribution in [2.75, 3.05) is 20.8 Å². The third kappa shape index (κ3) is 4.86. The normalized spacial score (nSPS) is 19.0. The van der Waals surface area contributed by atoms with Crippen LogP contribution in [0.1, 0.15) is 29.3 Å². The van der Waals surface area contributed by atoms with Gasteiger partial charge in [0.25, 0.3) is 5.56 Å². The van der Waals surface area contributed by atoms with E-state index in [9.17, 15) is 9.90 Å². The summed E-state index contributed by atoms with van der Waals surface area (Å²) in [6.45, 7) is 0.0747. The molecule has 210 valence electrons. The molecule has 0 unspecified atom stereocenters. The molecule has 5 aromatic rings. The largest absolute Gasteiger partial charge is 0.497 e. The number of aromatic nitrogens is 4. The first-order valence-electron chi connectivity index (χ1n) is 13.3. The fourth-order valence-electron chi connectivity index (χ4n) is 5.39. The Hall–Kier alpha value is -4.51. The van der Waals surface area contributed by atoms with Gasteiger partial charge in [0.05, 0.1) is 39.6 Å². The number of nitrogens with one attached hydrogen (secondary N) is 1. The maximum atomic E-state index is 12.1. The molecule has 0 radical (unpaired) electrons. The lowest BCUT2D eigenvalue weighted by Gasteiger charge is -2.37. The van der Waals surface area contributed by atoms with Crippen molar-refractivity contribution in [2.24, 2.45) is 0 Å². The zero-order chi connectivity index (χ0) is 28.4. The number of aromatic amines is 1. The molecule has 3 aromatic carbocycles. The zero-order valence-electron chi connectivity index (χ0n) is 22.6. The number of hydrogen-bond acceptors (Lipinski definition) is 8. The predicted octanol–water partition coefficient (Wildman–Crippen LogP) is 3.79. The standard InChI is InChI=1S/C31H30N4O6/c1-38-23-12-8-21(9-13-23)31(20-6-4-3-5-7-20,22-10-14-24(39-2)15-11-22)40-17-26-25(36)16-27(41-26)35-19-34-28-29(35)32-18-33-30(28)37/h3-15,18-19,25-27,36H,16-17H2,1-2H3,(H,32,33,37)/t25-,26-,27-/m1/s1. The fourth-order valence-corrected chi connectivity index (χ4v) is 5.39. The van der Waals surface area contributed by atoms with Gasteiger partial charge in [-0.3, -0.25) is 9.36 Å². The van der Waals surface area contributed by atoms with Crippen molar-refractivity contribution >= 4 is 11.2 Å². The van der Waals surface area contributed by atoms with E-state index in [1.165, 1.54) is 12.7 Å². The topological polar surface area (TPSA) is 121 Å². The van der Waals surface area contributed by atoms with E-state index in [0.717, 1.165) is 28.2 Å². The number of fused-ring (bicyclic) bond motifs is 1. The minimum Gasteiger partial charge on any atom is -0.497 e. The highest BCUT2D eigenvalue weighted by molar-refractivity contribution is 5.68. The van der Waals surface area contributed by atoms with Crippen molar-refractivity contribution in [3.8, 4) is 11.5 Å². The minimum atomic E-state index is -1.04. The Labute approximate surface area is 236 Å². The van der Waals surface area contributed by atoms with Crippen LogP contribution in [-0.2, 0) is 15.1 Å². The smallest absolute Gasteiger partial charge is 0.278 e. The van der Waals surface area contributed by atoms with Gasteiger partial charge >= 0.3 is 0 Å². The van der Waals surface area contributed by atoms with Gasteiger partial charge in [-0.05, 0) is 41.0 Å². The molecular weight excluding hydrogens is 524 g/mol. The summed E-state index contributed by atoms with van der Waals surface area (Å²) in [5.41, 5.74) is 1.89. The van der Waals surface area contributed by atoms with Gasteiger partial charge in [-0.2, -0.15) is 0 Å². The highest BCUT2D eigenvalue weighted by Crippen LogP contribution is 2.42. The van der Waals surface area contributed by atoms with Crippen LogP contribution in [-0.4, -0.2) is 57.7 Å². The lowest BCUT2D eigenvalue weighted by molar-refractivity contribution is -0.0931. The molecule has 2 aromatic heterocycles. The first-order valence-corrected chi connectivity index (χ1v) is 13.3. The van der Waals surface area contributed by atoms with Crippen LogP contribution in [0.15, 0.2) is 96.3 Å². The summed E-state index contributed by atoms with van der Waals surface area (Å²) in [6, 6.07) is 25.4. The second-order valence-corrected chi connectivity index (χ2v) is 9.80. The Morgan fingerprint density at radius 3 is 2.15 bits per heavy atom. The average molecular weight is 555 g/mol. The Balaban J connectivity index is 1.37. The van der Waals surface area contributed by atoms with Crippen LogP contribution < -0.4 is 15.0 Å². The highest BCUT2D eigenvalue weighted by Gasteiger charge is 2.42. The maximum absolute atomic E-state index is 12.1. The van der Waals surface area contributed by atoms with E-state index in [4.69, 9.17) is 18.9 Å². The molecule has 1 saturated heterocycles. The number of rotatable bonds is 9. The van der Waals surface area contributed by atoms with E-state index in [1.807, 2.05) is 78.9 Å². The molecule has 1 fully saturated rings. The number of H-pyrrole nitrogens is 1. The monoisotopic (exact) mass is 554 g/mol. The molecule has 0 amide bonds. The van der Waals surface area contributed by atoms with Crippen LogP contribution in [0.5, 0.6) is 11.5 Å². The highest BCUT2D eigenvalue weighted by atomic mass is 16.6. The molecular formula is C31H30N4O6. The molecule has 0 spiro atoms. The number of aliphatic hydroxyl groups excluding tert-OH is 1. The quantitative estimate of drug-likeness (QED) is 0.264. The Morgan fingerprint density at radius 1 is 0.927 bits per heavy atom. The second kappa shape index (κ2) is 11.2. The van der Waals surface area contributed by atoms with E-state index >= 15 is 0 Å². The average Bonchev–Trinajstić information content (AvgIpc) is 3.62. The van der Waals surface area contributed by atoms with Crippen LogP contribution in [0.3, 0.4) is 0 Å². The first kappa shape index (κ1) is 26.7. The molecule has 10 nitrogen and oxygen atoms in total. The van der Waals surface area contributed by atoms with Gasteiger partial charge in [0.2, 0.25) is 0 Å². The summed E-state index contributed by atoms with van der Waals surface area (Å²) in [4.78, 5) is 23.1. The molecule has 3 heterocycles. The lowest BCUT2D eigenvalue weighted by atomic mass is 9.80. The van der Waals surface area contributed by atoms with E-state index in [1.54, 1.807) is 18.8 Å². The predicted molar refractivity (Wildman–Crippen MR) is 151 cm³/mol. The fraction of sp³-hybridized carbons (Fsp3) is 0.258. The van der Waals surface area contributed by atoms with Crippen LogP contribution in [0.2, 0.25) is 0 Å². The number of nitrogens with zero attached hydrogens (tertiary/aromatic N) is 3. The maximum Gasteiger partial charge on any atom is 0.278 e. The molecule has 3 atom stereocenters. The van der Waals surface area contributed by atoms with E-state index < -0.39 is 24.0 Å². The zero-order valence-corrected chi connectivity index (χ0v) is 22.6. The Bertz CT molecular complexity index is 1620. The van der Waals surface area contributed by atoms with Crippen molar-refractivity contribution in [3.05, 3.63) is 119 Å². The van der Waals surface area contributed by atoms with Crippen LogP contribution in [0.25, 0.3) is 11.2 Å². The second-order valence-electron chi connectivity index (χ2n) is 9.80. The third-order valence-electron chi connectivity index (χ3n) is 7.52. The Morgan fingerprint density at radius 2 is 1.54 bits per heavy atom. The molecule has 0 bridgehead atoms. The first-order chi connectivity index (χ1) is 20.0. The summed E-state index contributed by atoms with van der Waals surface area (Å²) in [7, 11) is 3.26. The van der Waals surface area contributed by atoms with Gasteiger partial charge in [-0.15, -0.1) is 0 Å². The molecule has 1 aliphatic rings. The summed E-state index contributed by atoms with van der Waals surface area (Å²) in [5.74, 6) is 1.45. The SMILES string of the molecule is COc1ccc(C(OC[C@H]2O[C@@H](n3cnc4c(=O)[nH]cnc43)C[C@H]2O)(c2ccccc2)c2ccc(OC)cc2)cc1. The molecule has 0 saturated carbocycles. The number of benzene rings is 3. The third-order valence-corrected chi connectivity index (χ3v) is 7.52. The Kier molecular flexibility index (Phi) is 7.27. The lowest BCUT2D eigenvalue weighted by Crippen LogP contribution is -2.38. The van der Waals surface area contributed by atoms with E-state index in [-0.39, 0.29) is 24.1 Å². The number of hydrogen-bond donors (Lipinski definition) is 2. The van der Waals surface area contributed by atoms with E-state index in [0.29, 0.717) is 5.65 Å². The number of aliphatic hydroxyl groups is 1. The molecule has 6 rings (SSSR count). The van der Waals surface area contributed by atoms with E-state index in [2.05, 4.69) is 15.0 Å². The van der Waals surface area contributed by atoms with Gasteiger partial charge in [0.1, 0.15) is 29.4 Å². The van der Waals surface area contributed by atoms with Gasteiger partial charge < -0.3 is 29.0 Å². The van der Waals surface area contributed by atoms with Gasteiger partial charge in [0.15, 0.2) is 11.2 Å². The number of imidazole rings is 1. The van der Waals surface area contributed by atoms with Crippen LogP contribution in [0, 0.1) is 0 Å². The van der Waals surface area contributed by atoms with Crippen molar-refractivity contribution in [2.45, 2.75) is 30.5 Å². The molecule has 41 heavy (non-hydrogen) atoms. The molecule has 1 aliphatic heterocycles. The number of methoxy groups -OCH3 is 2. The summed E-state index contributed by atoms with van der Waals surface area (Å²) < 4.78 is 25.7. The van der Waals surface area contributed by atoms with Crippen molar-refractivity contribution in [3.63, 3.8) is 0 Å². The van der Waals surface area contributed by atoms with Crippen molar-refractivity contribution < 1.29 is 24.1 Å². The molecule has 0 aliphatic carbocycles. The van der Waals surface area contributed by atoms with Crippen molar-refractivity contribution in [1.29, 1.82) is 0 Å². The molecule has 10 heteroatoms. The van der Waals surface area contributed by atoms with Crippen LogP contribution in [0.4, 0.5) is 0 Å². The number of ether oxygens (including phenoxy) is 4. The van der Waals surface area contributed by atoms with Crippen molar-refractivity contribution in [1.82, 2.24) is 19.5 Å². The molecule has 2 N–H and O–H groups in total.